The van der Waals surface area contributed by atoms with E-state index < -0.39 is 12.1 Å². The lowest BCUT2D eigenvalue weighted by Crippen LogP contribution is -2.45. The molecule has 0 rings (SSSR count). The Kier molecular flexibility index (Phi) is 62.2. The van der Waals surface area contributed by atoms with E-state index in [1.165, 1.54) is 327 Å². The summed E-state index contributed by atoms with van der Waals surface area (Å²) in [6.07, 6.45) is 85.4. The molecular formula is C67H131NO3. The molecule has 4 heteroatoms. The molecule has 422 valence electrons. The molecule has 0 aliphatic carbocycles. The van der Waals surface area contributed by atoms with Crippen molar-refractivity contribution in [1.29, 1.82) is 0 Å². The number of nitrogens with one attached hydrogen (secondary N) is 1. The summed E-state index contributed by atoms with van der Waals surface area (Å²) in [6, 6.07) is -0.637. The number of rotatable bonds is 62. The highest BCUT2D eigenvalue weighted by Crippen LogP contribution is 2.19. The third-order valence-electron chi connectivity index (χ3n) is 15.7. The minimum absolute atomic E-state index is 0.0647. The average molecular weight is 999 g/mol. The van der Waals surface area contributed by atoms with Gasteiger partial charge in [-0.2, -0.15) is 0 Å². The highest BCUT2D eigenvalue weighted by molar-refractivity contribution is 5.76. The van der Waals surface area contributed by atoms with E-state index in [0.717, 1.165) is 32.1 Å². The molecule has 0 aliphatic heterocycles. The van der Waals surface area contributed by atoms with Crippen molar-refractivity contribution < 1.29 is 15.0 Å². The second-order valence-corrected chi connectivity index (χ2v) is 22.9. The van der Waals surface area contributed by atoms with Crippen molar-refractivity contribution in [3.05, 3.63) is 24.3 Å². The molecule has 0 radical (unpaired) electrons. The SMILES string of the molecule is CCCCCCCCCCCCCCCCCCCCC/C=C/CC/C=C/C(O)C(CO)NC(=O)CCCCCCCCCCCCCCCCCCCCCCCCCCCCCCCCCCCC. The van der Waals surface area contributed by atoms with Crippen molar-refractivity contribution in [1.82, 2.24) is 5.32 Å². The van der Waals surface area contributed by atoms with Crippen molar-refractivity contribution in [3.63, 3.8) is 0 Å². The smallest absolute Gasteiger partial charge is 0.220 e. The van der Waals surface area contributed by atoms with Crippen molar-refractivity contribution in [2.45, 2.75) is 392 Å². The van der Waals surface area contributed by atoms with Gasteiger partial charge in [-0.3, -0.25) is 4.79 Å². The van der Waals surface area contributed by atoms with Crippen LogP contribution in [0.4, 0.5) is 0 Å². The van der Waals surface area contributed by atoms with Crippen LogP contribution in [-0.4, -0.2) is 34.9 Å². The van der Waals surface area contributed by atoms with Crippen LogP contribution in [0.2, 0.25) is 0 Å². The standard InChI is InChI=1S/C67H131NO3/c1-3-5-7-9-11-13-15-17-19-21-23-25-27-29-30-31-32-33-34-35-36-37-39-41-43-45-47-49-51-53-55-57-59-61-63-67(71)68-65(64-69)66(70)62-60-58-56-54-52-50-48-46-44-42-40-38-28-26-24-22-20-18-16-14-12-10-8-6-4-2/h52,54,60,62,65-66,69-70H,3-51,53,55-59,61,63-64H2,1-2H3,(H,68,71)/b54-52+,62-60+. The Hall–Kier alpha value is -1.13. The number of hydrogen-bond donors (Lipinski definition) is 3. The molecule has 4 nitrogen and oxygen atoms in total. The monoisotopic (exact) mass is 998 g/mol. The van der Waals surface area contributed by atoms with Gasteiger partial charge in [0.15, 0.2) is 0 Å². The predicted molar refractivity (Wildman–Crippen MR) is 318 cm³/mol. The first-order valence-electron chi connectivity index (χ1n) is 33.1. The summed E-state index contributed by atoms with van der Waals surface area (Å²) >= 11 is 0. The number of carbonyl (C=O) groups is 1. The molecule has 0 bridgehead atoms. The quantitative estimate of drug-likeness (QED) is 0.0420. The molecule has 2 unspecified atom stereocenters. The summed E-state index contributed by atoms with van der Waals surface area (Å²) in [5, 5.41) is 23.2. The zero-order chi connectivity index (χ0) is 51.3. The van der Waals surface area contributed by atoms with E-state index in [1.807, 2.05) is 6.08 Å². The zero-order valence-corrected chi connectivity index (χ0v) is 48.8. The van der Waals surface area contributed by atoms with Crippen LogP contribution in [0.15, 0.2) is 24.3 Å². The normalized spacial score (nSPS) is 12.8. The first kappa shape index (κ1) is 69.9. The second-order valence-electron chi connectivity index (χ2n) is 22.9. The van der Waals surface area contributed by atoms with E-state index in [2.05, 4.69) is 31.3 Å². The van der Waals surface area contributed by atoms with Crippen molar-refractivity contribution in [2.24, 2.45) is 0 Å². The molecule has 0 heterocycles. The van der Waals surface area contributed by atoms with Crippen LogP contribution in [0.25, 0.3) is 0 Å². The summed E-state index contributed by atoms with van der Waals surface area (Å²) < 4.78 is 0. The second kappa shape index (κ2) is 63.2. The number of aliphatic hydroxyl groups is 2. The van der Waals surface area contributed by atoms with Gasteiger partial charge in [0, 0.05) is 6.42 Å². The van der Waals surface area contributed by atoms with Crippen molar-refractivity contribution in [3.8, 4) is 0 Å². The maximum atomic E-state index is 12.5. The summed E-state index contributed by atoms with van der Waals surface area (Å²) in [7, 11) is 0. The summed E-state index contributed by atoms with van der Waals surface area (Å²) in [5.74, 6) is -0.0647. The van der Waals surface area contributed by atoms with Gasteiger partial charge in [-0.15, -0.1) is 0 Å². The number of aliphatic hydroxyl groups excluding tert-OH is 2. The van der Waals surface area contributed by atoms with E-state index >= 15 is 0 Å². The highest BCUT2D eigenvalue weighted by atomic mass is 16.3. The van der Waals surface area contributed by atoms with Gasteiger partial charge in [0.2, 0.25) is 5.91 Å². The van der Waals surface area contributed by atoms with Crippen LogP contribution >= 0.6 is 0 Å². The van der Waals surface area contributed by atoms with Gasteiger partial charge in [-0.25, -0.2) is 0 Å². The topological polar surface area (TPSA) is 69.6 Å². The Labute approximate surface area is 447 Å². The molecule has 0 fully saturated rings. The molecular weight excluding hydrogens is 867 g/mol. The maximum absolute atomic E-state index is 12.5. The van der Waals surface area contributed by atoms with Gasteiger partial charge >= 0.3 is 0 Å². The van der Waals surface area contributed by atoms with E-state index in [-0.39, 0.29) is 12.5 Å². The number of unbranched alkanes of at least 4 members (excludes halogenated alkanes) is 53. The van der Waals surface area contributed by atoms with Crippen LogP contribution in [0, 0.1) is 0 Å². The van der Waals surface area contributed by atoms with Gasteiger partial charge in [0.05, 0.1) is 18.8 Å². The molecule has 71 heavy (non-hydrogen) atoms. The van der Waals surface area contributed by atoms with Crippen LogP contribution in [0.1, 0.15) is 380 Å². The third-order valence-corrected chi connectivity index (χ3v) is 15.7. The van der Waals surface area contributed by atoms with Crippen molar-refractivity contribution in [2.75, 3.05) is 6.61 Å². The Bertz CT molecular complexity index is 1040. The lowest BCUT2D eigenvalue weighted by atomic mass is 10.0. The molecule has 0 saturated heterocycles. The third kappa shape index (κ3) is 59.6. The Morgan fingerprint density at radius 2 is 0.549 bits per heavy atom. The Morgan fingerprint density at radius 3 is 0.817 bits per heavy atom. The van der Waals surface area contributed by atoms with Gasteiger partial charge in [0.25, 0.3) is 0 Å². The minimum Gasteiger partial charge on any atom is -0.394 e. The van der Waals surface area contributed by atoms with Crippen molar-refractivity contribution >= 4 is 5.91 Å². The van der Waals surface area contributed by atoms with Gasteiger partial charge in [-0.05, 0) is 32.1 Å². The largest absolute Gasteiger partial charge is 0.394 e. The average Bonchev–Trinajstić information content (AvgIpc) is 3.37. The Balaban J connectivity index is 3.43. The molecule has 0 aromatic carbocycles. The van der Waals surface area contributed by atoms with Crippen LogP contribution in [-0.2, 0) is 4.79 Å². The maximum Gasteiger partial charge on any atom is 0.220 e. The van der Waals surface area contributed by atoms with Gasteiger partial charge in [-0.1, -0.05) is 366 Å². The molecule has 1 amide bonds. The Morgan fingerprint density at radius 1 is 0.324 bits per heavy atom. The van der Waals surface area contributed by atoms with Crippen LogP contribution in [0.3, 0.4) is 0 Å². The number of amides is 1. The molecule has 0 aromatic heterocycles. The fourth-order valence-electron chi connectivity index (χ4n) is 10.7. The van der Waals surface area contributed by atoms with Crippen LogP contribution < -0.4 is 5.32 Å². The van der Waals surface area contributed by atoms with E-state index in [0.29, 0.717) is 6.42 Å². The first-order valence-corrected chi connectivity index (χ1v) is 33.1. The van der Waals surface area contributed by atoms with Crippen LogP contribution in [0.5, 0.6) is 0 Å². The molecule has 2 atom stereocenters. The predicted octanol–water partition coefficient (Wildman–Crippen LogP) is 22.2. The lowest BCUT2D eigenvalue weighted by Gasteiger charge is -2.19. The van der Waals surface area contributed by atoms with E-state index in [9.17, 15) is 15.0 Å². The van der Waals surface area contributed by atoms with Gasteiger partial charge < -0.3 is 15.5 Å². The molecule has 0 spiro atoms. The number of hydrogen-bond acceptors (Lipinski definition) is 3. The molecule has 0 aromatic rings. The molecule has 3 N–H and O–H groups in total. The van der Waals surface area contributed by atoms with Gasteiger partial charge in [0.1, 0.15) is 0 Å². The summed E-state index contributed by atoms with van der Waals surface area (Å²) in [4.78, 5) is 12.5. The van der Waals surface area contributed by atoms with E-state index in [4.69, 9.17) is 0 Å². The highest BCUT2D eigenvalue weighted by Gasteiger charge is 2.18. The zero-order valence-electron chi connectivity index (χ0n) is 48.8. The summed E-state index contributed by atoms with van der Waals surface area (Å²) in [6.45, 7) is 4.35. The fraction of sp³-hybridized carbons (Fsp3) is 0.925. The molecule has 0 aliphatic rings. The lowest BCUT2D eigenvalue weighted by molar-refractivity contribution is -0.123. The summed E-state index contributed by atoms with van der Waals surface area (Å²) in [5.41, 5.74) is 0. The van der Waals surface area contributed by atoms with E-state index in [1.54, 1.807) is 6.08 Å². The number of allylic oxidation sites excluding steroid dienone is 3. The minimum atomic E-state index is -0.861. The number of carbonyl (C=O) groups excluding carboxylic acids is 1. The first-order chi connectivity index (χ1) is 35.2. The fourth-order valence-corrected chi connectivity index (χ4v) is 10.7. The molecule has 0 saturated carbocycles.